The van der Waals surface area contributed by atoms with E-state index in [9.17, 15) is 0 Å². The van der Waals surface area contributed by atoms with Gasteiger partial charge in [-0.2, -0.15) is 4.98 Å². The van der Waals surface area contributed by atoms with Crippen LogP contribution in [0.4, 0.5) is 17.5 Å². The van der Waals surface area contributed by atoms with Crippen LogP contribution in [0.1, 0.15) is 51.8 Å². The molecule has 42 heavy (non-hydrogen) atoms. The minimum atomic E-state index is 0.677. The Bertz CT molecular complexity index is 1050. The van der Waals surface area contributed by atoms with Crippen molar-refractivity contribution in [3.8, 4) is 0 Å². The molecule has 1 aromatic heterocycles. The van der Waals surface area contributed by atoms with Crippen molar-refractivity contribution in [2.45, 2.75) is 47.5 Å². The minimum Gasteiger partial charge on any atom is -0.398 e. The highest BCUT2D eigenvalue weighted by Gasteiger charge is 2.22. The number of para-hydroxylation sites is 1. The Kier molecular flexibility index (Phi) is 22.0. The van der Waals surface area contributed by atoms with Gasteiger partial charge in [0.1, 0.15) is 12.6 Å². The lowest BCUT2D eigenvalue weighted by atomic mass is 10.1. The quantitative estimate of drug-likeness (QED) is 0.231. The second-order valence-corrected chi connectivity index (χ2v) is 10.2. The fourth-order valence-corrected chi connectivity index (χ4v) is 5.31. The number of carbonyl (C=O) groups excluding carboxylic acids is 1. The number of anilines is 3. The summed E-state index contributed by atoms with van der Waals surface area (Å²) in [6.07, 6.45) is 8.23. The second kappa shape index (κ2) is 23.6. The van der Waals surface area contributed by atoms with Crippen molar-refractivity contribution in [1.82, 2.24) is 14.3 Å². The molecule has 0 unspecified atom stereocenters. The first kappa shape index (κ1) is 39.1. The predicted octanol–water partition coefficient (Wildman–Crippen LogP) is 5.09. The monoisotopic (exact) mass is 619 g/mol. The van der Waals surface area contributed by atoms with Crippen LogP contribution in [-0.4, -0.2) is 73.6 Å². The smallest absolute Gasteiger partial charge is 0.227 e. The number of benzene rings is 1. The second-order valence-electron chi connectivity index (χ2n) is 8.41. The summed E-state index contributed by atoms with van der Waals surface area (Å²) in [5.74, 6) is 1.89. The number of allylic oxidation sites excluding steroid dienone is 2. The molecular weight excluding hydrogens is 567 g/mol. The zero-order valence-electron chi connectivity index (χ0n) is 26.6. The van der Waals surface area contributed by atoms with Crippen LogP contribution < -0.4 is 31.7 Å². The van der Waals surface area contributed by atoms with E-state index in [1.807, 2.05) is 77.2 Å². The van der Waals surface area contributed by atoms with E-state index in [-0.39, 0.29) is 0 Å². The number of nitrogens with one attached hydrogen (secondary N) is 1. The van der Waals surface area contributed by atoms with Crippen molar-refractivity contribution in [1.29, 1.82) is 0 Å². The molecule has 0 radical (unpaired) electrons. The molecule has 236 valence electrons. The molecule has 2 aliphatic heterocycles. The maximum absolute atomic E-state index is 8.00. The summed E-state index contributed by atoms with van der Waals surface area (Å²) < 4.78 is 5.55. The van der Waals surface area contributed by atoms with Crippen molar-refractivity contribution < 1.29 is 4.79 Å². The molecule has 4 rings (SSSR count). The summed E-state index contributed by atoms with van der Waals surface area (Å²) in [4.78, 5) is 22.2. The lowest BCUT2D eigenvalue weighted by molar-refractivity contribution is -0.0980. The summed E-state index contributed by atoms with van der Waals surface area (Å²) in [6.45, 7) is 17.7. The van der Waals surface area contributed by atoms with Gasteiger partial charge in [-0.05, 0) is 57.0 Å². The Morgan fingerprint density at radius 3 is 2.10 bits per heavy atom. The fourth-order valence-electron chi connectivity index (χ4n) is 4.14. The van der Waals surface area contributed by atoms with E-state index < -0.39 is 0 Å². The average Bonchev–Trinajstić information content (AvgIpc) is 3.60. The van der Waals surface area contributed by atoms with E-state index in [1.165, 1.54) is 19.9 Å². The molecule has 2 fully saturated rings. The Balaban J connectivity index is 0.00000194. The molecule has 0 atom stereocenters. The molecule has 2 aromatic rings. The average molecular weight is 620 g/mol. The Labute approximate surface area is 262 Å². The van der Waals surface area contributed by atoms with E-state index in [4.69, 9.17) is 26.2 Å². The van der Waals surface area contributed by atoms with Crippen molar-refractivity contribution in [3.63, 3.8) is 0 Å². The van der Waals surface area contributed by atoms with Crippen molar-refractivity contribution in [2.75, 3.05) is 67.1 Å². The highest BCUT2D eigenvalue weighted by molar-refractivity contribution is 8.00. The van der Waals surface area contributed by atoms with Gasteiger partial charge in [0.25, 0.3) is 0 Å². The molecular formula is C30H53N9OS2. The third kappa shape index (κ3) is 12.9. The first-order valence-corrected chi connectivity index (χ1v) is 16.5. The topological polar surface area (TPSA) is 143 Å². The summed E-state index contributed by atoms with van der Waals surface area (Å²) in [5.41, 5.74) is 20.8. The van der Waals surface area contributed by atoms with Gasteiger partial charge < -0.3 is 36.5 Å². The van der Waals surface area contributed by atoms with Crippen LogP contribution in [0.2, 0.25) is 0 Å². The molecule has 10 nitrogen and oxygen atoms in total. The highest BCUT2D eigenvalue weighted by Crippen LogP contribution is 2.26. The number of nitrogens with two attached hydrogens (primary N) is 3. The van der Waals surface area contributed by atoms with Crippen molar-refractivity contribution in [3.05, 3.63) is 58.8 Å². The van der Waals surface area contributed by atoms with Crippen LogP contribution in [0.3, 0.4) is 0 Å². The molecule has 0 amide bonds. The molecule has 2 aliphatic rings. The summed E-state index contributed by atoms with van der Waals surface area (Å²) in [7, 11) is 1.50. The molecule has 0 spiro atoms. The Morgan fingerprint density at radius 1 is 0.905 bits per heavy atom. The first-order chi connectivity index (χ1) is 20.5. The molecule has 0 bridgehead atoms. The zero-order valence-corrected chi connectivity index (χ0v) is 28.2. The van der Waals surface area contributed by atoms with Gasteiger partial charge in [0.05, 0.1) is 10.7 Å². The van der Waals surface area contributed by atoms with Gasteiger partial charge in [0.2, 0.25) is 5.95 Å². The minimum absolute atomic E-state index is 0.677. The number of nitrogens with zero attached hydrogens (tertiary/aromatic N) is 5. The van der Waals surface area contributed by atoms with E-state index in [2.05, 4.69) is 37.6 Å². The largest absolute Gasteiger partial charge is 0.398 e. The maximum Gasteiger partial charge on any atom is 0.227 e. The molecule has 3 heterocycles. The van der Waals surface area contributed by atoms with Gasteiger partial charge in [-0.15, -0.1) is 0 Å². The number of piperazine rings is 1. The molecule has 2 saturated heterocycles. The number of carbonyl (C=O) groups is 1. The standard InChI is InChI=1S/C24H34N8S2.2C2H6.CH5N.CH2O/c1-18-17-23(30-11-5-6-12-30)28-24(27-18)31-13-15-32(16-14-31)34-22(26)10-9-20(25)19-7-3-4-8-21(19)29-33-2;4*1-2/h3-4,7-10,17,29H,5-6,11-16,25-26H2,1-2H3;2*1-2H3;2H2,1H3;1H2/b20-9-,22-10+;;;;. The third-order valence-electron chi connectivity index (χ3n) is 5.89. The Morgan fingerprint density at radius 2 is 1.50 bits per heavy atom. The predicted molar refractivity (Wildman–Crippen MR) is 188 cm³/mol. The normalized spacial score (nSPS) is 15.0. The molecule has 0 saturated carbocycles. The molecule has 12 heteroatoms. The van der Waals surface area contributed by atoms with Gasteiger partial charge in [0.15, 0.2) is 0 Å². The van der Waals surface area contributed by atoms with Crippen LogP contribution in [0.5, 0.6) is 0 Å². The van der Waals surface area contributed by atoms with Crippen LogP contribution in [0, 0.1) is 6.92 Å². The molecule has 0 aliphatic carbocycles. The van der Waals surface area contributed by atoms with Gasteiger partial charge in [-0.3, -0.25) is 0 Å². The number of aryl methyl sites for hydroxylation is 1. The van der Waals surface area contributed by atoms with Crippen molar-refractivity contribution in [2.24, 2.45) is 17.2 Å². The van der Waals surface area contributed by atoms with Crippen LogP contribution >= 0.6 is 23.9 Å². The van der Waals surface area contributed by atoms with Crippen LogP contribution in [-0.2, 0) is 4.79 Å². The third-order valence-corrected chi connectivity index (χ3v) is 7.29. The fraction of sp³-hybridized carbons (Fsp3) is 0.500. The SMILES string of the molecule is C=O.CC.CC.CN.CSNc1ccccc1/C(N)=C/C=C(\N)SN1CCN(c2nc(C)cc(N3CCCC3)n2)CC1. The van der Waals surface area contributed by atoms with Crippen LogP contribution in [0.15, 0.2) is 47.5 Å². The lowest BCUT2D eigenvalue weighted by Crippen LogP contribution is -2.44. The summed E-state index contributed by atoms with van der Waals surface area (Å²) >= 11 is 3.11. The van der Waals surface area contributed by atoms with E-state index in [1.54, 1.807) is 23.9 Å². The Hall–Kier alpha value is -2.93. The summed E-state index contributed by atoms with van der Waals surface area (Å²) in [5, 5.41) is 0.717. The van der Waals surface area contributed by atoms with Gasteiger partial charge in [0, 0.05) is 68.5 Å². The number of hydrogen-bond acceptors (Lipinski definition) is 12. The number of hydrogen-bond donors (Lipinski definition) is 4. The number of aromatic nitrogens is 2. The zero-order chi connectivity index (χ0) is 31.9. The van der Waals surface area contributed by atoms with Gasteiger partial charge >= 0.3 is 0 Å². The van der Waals surface area contributed by atoms with E-state index in [0.717, 1.165) is 73.0 Å². The first-order valence-electron chi connectivity index (χ1n) is 14.5. The highest BCUT2D eigenvalue weighted by atomic mass is 32.2. The van der Waals surface area contributed by atoms with Crippen LogP contribution in [0.25, 0.3) is 5.70 Å². The van der Waals surface area contributed by atoms with Crippen molar-refractivity contribution >= 4 is 53.8 Å². The molecule has 7 N–H and O–H groups in total. The number of rotatable bonds is 8. The lowest BCUT2D eigenvalue weighted by Gasteiger charge is -2.34. The summed E-state index contributed by atoms with van der Waals surface area (Å²) in [6, 6.07) is 10.1. The van der Waals surface area contributed by atoms with E-state index >= 15 is 0 Å². The van der Waals surface area contributed by atoms with E-state index in [0.29, 0.717) is 5.70 Å². The maximum atomic E-state index is 8.00. The molecule has 1 aromatic carbocycles. The van der Waals surface area contributed by atoms with Gasteiger partial charge in [-0.25, -0.2) is 9.29 Å². The van der Waals surface area contributed by atoms with Gasteiger partial charge in [-0.1, -0.05) is 57.8 Å².